The molecule has 0 aromatic carbocycles. The van der Waals surface area contributed by atoms with Crippen molar-refractivity contribution in [2.24, 2.45) is 5.92 Å². The molecule has 0 radical (unpaired) electrons. The lowest BCUT2D eigenvalue weighted by molar-refractivity contribution is -0.00982. The summed E-state index contributed by atoms with van der Waals surface area (Å²) in [4.78, 5) is 13.8. The highest BCUT2D eigenvalue weighted by atomic mass is 16.6. The van der Waals surface area contributed by atoms with Crippen LogP contribution in [0.1, 0.15) is 54.4 Å². The predicted molar refractivity (Wildman–Crippen MR) is 89.1 cm³/mol. The van der Waals surface area contributed by atoms with E-state index in [1.54, 1.807) is 0 Å². The summed E-state index contributed by atoms with van der Waals surface area (Å²) in [6.07, 6.45) is 1.87. The topological polar surface area (TPSA) is 50.8 Å². The number of piperidine rings is 1. The van der Waals surface area contributed by atoms with Gasteiger partial charge in [-0.2, -0.15) is 0 Å². The van der Waals surface area contributed by atoms with Crippen LogP contribution in [0.5, 0.6) is 0 Å². The van der Waals surface area contributed by atoms with E-state index in [0.717, 1.165) is 45.6 Å². The second-order valence-corrected chi connectivity index (χ2v) is 7.73. The minimum absolute atomic E-state index is 0.119. The van der Waals surface area contributed by atoms with E-state index in [-0.39, 0.29) is 11.7 Å². The fraction of sp³-hybridized carbons (Fsp3) is 0.941. The van der Waals surface area contributed by atoms with Gasteiger partial charge in [-0.3, -0.25) is 0 Å². The summed E-state index contributed by atoms with van der Waals surface area (Å²) in [6.45, 7) is 16.1. The van der Waals surface area contributed by atoms with Crippen LogP contribution in [0.25, 0.3) is 0 Å². The Labute approximate surface area is 135 Å². The molecule has 1 fully saturated rings. The van der Waals surface area contributed by atoms with E-state index < -0.39 is 5.60 Å². The number of likely N-dealkylation sites (tertiary alicyclic amines) is 1. The molecule has 0 bridgehead atoms. The smallest absolute Gasteiger partial charge is 0.410 e. The molecule has 5 heteroatoms. The number of nitrogens with one attached hydrogen (secondary N) is 1. The van der Waals surface area contributed by atoms with Gasteiger partial charge in [0, 0.05) is 26.2 Å². The molecule has 0 spiro atoms. The minimum atomic E-state index is -0.416. The third kappa shape index (κ3) is 7.45. The third-order valence-electron chi connectivity index (χ3n) is 3.79. The first-order valence-electron chi connectivity index (χ1n) is 8.45. The van der Waals surface area contributed by atoms with E-state index in [4.69, 9.17) is 9.47 Å². The quantitative estimate of drug-likeness (QED) is 0.819. The zero-order chi connectivity index (χ0) is 16.8. The van der Waals surface area contributed by atoms with E-state index in [2.05, 4.69) is 19.2 Å². The first-order valence-corrected chi connectivity index (χ1v) is 8.45. The summed E-state index contributed by atoms with van der Waals surface area (Å²) in [7, 11) is 0. The summed E-state index contributed by atoms with van der Waals surface area (Å²) in [5.74, 6) is 0.621. The largest absolute Gasteiger partial charge is 0.444 e. The standard InChI is InChI=1S/C17H34N2O3/c1-7-21-17(5,6)13-18-12-14-8-10-19(11-9-14)15(20)22-16(2,3)4/h14,18H,7-13H2,1-6H3. The Balaban J connectivity index is 2.24. The number of carbonyl (C=O) groups is 1. The predicted octanol–water partition coefficient (Wildman–Crippen LogP) is 3.04. The van der Waals surface area contributed by atoms with E-state index in [1.165, 1.54) is 0 Å². The maximum Gasteiger partial charge on any atom is 0.410 e. The number of carbonyl (C=O) groups excluding carboxylic acids is 1. The van der Waals surface area contributed by atoms with Crippen LogP contribution in [0.15, 0.2) is 0 Å². The maximum absolute atomic E-state index is 12.0. The number of nitrogens with zero attached hydrogens (tertiary/aromatic N) is 1. The Morgan fingerprint density at radius 3 is 2.27 bits per heavy atom. The Morgan fingerprint density at radius 2 is 1.77 bits per heavy atom. The van der Waals surface area contributed by atoms with Crippen molar-refractivity contribution in [2.45, 2.75) is 65.6 Å². The molecular weight excluding hydrogens is 280 g/mol. The Morgan fingerprint density at radius 1 is 1.18 bits per heavy atom. The van der Waals surface area contributed by atoms with Gasteiger partial charge in [-0.1, -0.05) is 0 Å². The fourth-order valence-electron chi connectivity index (χ4n) is 2.67. The van der Waals surface area contributed by atoms with Gasteiger partial charge in [-0.05, 0) is 66.8 Å². The minimum Gasteiger partial charge on any atom is -0.444 e. The molecule has 0 atom stereocenters. The zero-order valence-corrected chi connectivity index (χ0v) is 15.2. The molecule has 0 unspecified atom stereocenters. The van der Waals surface area contributed by atoms with Gasteiger partial charge in [0.2, 0.25) is 0 Å². The van der Waals surface area contributed by atoms with Gasteiger partial charge < -0.3 is 19.7 Å². The molecule has 22 heavy (non-hydrogen) atoms. The third-order valence-corrected chi connectivity index (χ3v) is 3.79. The first kappa shape index (κ1) is 19.2. The maximum atomic E-state index is 12.0. The van der Waals surface area contributed by atoms with Crippen LogP contribution in [0.4, 0.5) is 4.79 Å². The molecule has 1 heterocycles. The SMILES string of the molecule is CCOC(C)(C)CNCC1CCN(C(=O)OC(C)(C)C)CC1. The molecule has 1 rings (SSSR count). The summed E-state index contributed by atoms with van der Waals surface area (Å²) in [5.41, 5.74) is -0.535. The van der Waals surface area contributed by atoms with Crippen molar-refractivity contribution in [3.8, 4) is 0 Å². The van der Waals surface area contributed by atoms with Crippen LogP contribution in [0.2, 0.25) is 0 Å². The number of ether oxygens (including phenoxy) is 2. The van der Waals surface area contributed by atoms with Crippen LogP contribution in [-0.4, -0.2) is 55.0 Å². The van der Waals surface area contributed by atoms with Gasteiger partial charge in [-0.25, -0.2) is 4.79 Å². The molecule has 1 aliphatic heterocycles. The summed E-state index contributed by atoms with van der Waals surface area (Å²) < 4.78 is 11.1. The number of hydrogen-bond acceptors (Lipinski definition) is 4. The van der Waals surface area contributed by atoms with Gasteiger partial charge in [0.05, 0.1) is 5.60 Å². The van der Waals surface area contributed by atoms with Crippen LogP contribution in [-0.2, 0) is 9.47 Å². The second-order valence-electron chi connectivity index (χ2n) is 7.73. The van der Waals surface area contributed by atoms with Crippen molar-refractivity contribution < 1.29 is 14.3 Å². The fourth-order valence-corrected chi connectivity index (χ4v) is 2.67. The van der Waals surface area contributed by atoms with Gasteiger partial charge in [0.1, 0.15) is 5.60 Å². The van der Waals surface area contributed by atoms with Crippen molar-refractivity contribution in [2.75, 3.05) is 32.8 Å². The van der Waals surface area contributed by atoms with E-state index in [9.17, 15) is 4.79 Å². The number of amides is 1. The van der Waals surface area contributed by atoms with Crippen molar-refractivity contribution in [3.63, 3.8) is 0 Å². The first-order chi connectivity index (χ1) is 10.1. The van der Waals surface area contributed by atoms with Crippen molar-refractivity contribution in [3.05, 3.63) is 0 Å². The van der Waals surface area contributed by atoms with E-state index in [1.807, 2.05) is 32.6 Å². The van der Waals surface area contributed by atoms with Gasteiger partial charge in [0.15, 0.2) is 0 Å². The van der Waals surface area contributed by atoms with Crippen molar-refractivity contribution >= 4 is 6.09 Å². The summed E-state index contributed by atoms with van der Waals surface area (Å²) in [6, 6.07) is 0. The zero-order valence-electron chi connectivity index (χ0n) is 15.2. The molecule has 130 valence electrons. The van der Waals surface area contributed by atoms with Gasteiger partial charge >= 0.3 is 6.09 Å². The molecule has 5 nitrogen and oxygen atoms in total. The molecule has 1 aliphatic rings. The average molecular weight is 314 g/mol. The van der Waals surface area contributed by atoms with Crippen molar-refractivity contribution in [1.29, 1.82) is 0 Å². The van der Waals surface area contributed by atoms with Crippen LogP contribution < -0.4 is 5.32 Å². The molecule has 1 N–H and O–H groups in total. The normalized spacial score (nSPS) is 17.6. The van der Waals surface area contributed by atoms with Crippen LogP contribution in [0, 0.1) is 5.92 Å². The Bertz CT molecular complexity index is 342. The molecule has 1 amide bonds. The van der Waals surface area contributed by atoms with Gasteiger partial charge in [-0.15, -0.1) is 0 Å². The highest BCUT2D eigenvalue weighted by Gasteiger charge is 2.27. The monoisotopic (exact) mass is 314 g/mol. The second kappa shape index (κ2) is 8.16. The summed E-state index contributed by atoms with van der Waals surface area (Å²) in [5, 5.41) is 3.50. The lowest BCUT2D eigenvalue weighted by Crippen LogP contribution is -2.44. The number of hydrogen-bond donors (Lipinski definition) is 1. The van der Waals surface area contributed by atoms with Gasteiger partial charge in [0.25, 0.3) is 0 Å². The molecule has 0 saturated carbocycles. The number of rotatable bonds is 6. The van der Waals surface area contributed by atoms with Crippen molar-refractivity contribution in [1.82, 2.24) is 10.2 Å². The van der Waals surface area contributed by atoms with E-state index >= 15 is 0 Å². The Hall–Kier alpha value is -0.810. The lowest BCUT2D eigenvalue weighted by atomic mass is 9.96. The van der Waals surface area contributed by atoms with Crippen LogP contribution in [0.3, 0.4) is 0 Å². The molecular formula is C17H34N2O3. The molecule has 0 aromatic rings. The average Bonchev–Trinajstić information content (AvgIpc) is 2.37. The highest BCUT2D eigenvalue weighted by Crippen LogP contribution is 2.19. The van der Waals surface area contributed by atoms with Crippen LogP contribution >= 0.6 is 0 Å². The Kier molecular flexibility index (Phi) is 7.13. The summed E-state index contributed by atoms with van der Waals surface area (Å²) >= 11 is 0. The molecule has 0 aliphatic carbocycles. The molecule has 0 aromatic heterocycles. The molecule has 1 saturated heterocycles. The van der Waals surface area contributed by atoms with E-state index in [0.29, 0.717) is 5.92 Å². The highest BCUT2D eigenvalue weighted by molar-refractivity contribution is 5.68. The lowest BCUT2D eigenvalue weighted by Gasteiger charge is -2.34.